The van der Waals surface area contributed by atoms with Crippen molar-refractivity contribution >= 4 is 10.9 Å². The first-order valence-corrected chi connectivity index (χ1v) is 5.95. The minimum absolute atomic E-state index is 0.0170. The minimum Gasteiger partial charge on any atom is -0.481 e. The molecular formula is C14H10FN3O2. The van der Waals surface area contributed by atoms with Gasteiger partial charge in [0.25, 0.3) is 11.5 Å². The summed E-state index contributed by atoms with van der Waals surface area (Å²) >= 11 is 0. The van der Waals surface area contributed by atoms with Crippen molar-refractivity contribution in [3.8, 4) is 5.75 Å². The SMILES string of the molecule is O=c1[nH]c(COc2cccnc2F)nc2ccccc12. The van der Waals surface area contributed by atoms with E-state index in [1.54, 1.807) is 30.3 Å². The van der Waals surface area contributed by atoms with E-state index >= 15 is 0 Å². The van der Waals surface area contributed by atoms with E-state index in [2.05, 4.69) is 15.0 Å². The Bertz CT molecular complexity index is 817. The molecule has 20 heavy (non-hydrogen) atoms. The number of nitrogens with one attached hydrogen (secondary N) is 1. The van der Waals surface area contributed by atoms with Gasteiger partial charge in [-0.15, -0.1) is 0 Å². The summed E-state index contributed by atoms with van der Waals surface area (Å²) < 4.78 is 18.6. The van der Waals surface area contributed by atoms with Gasteiger partial charge in [-0.25, -0.2) is 9.97 Å². The zero-order valence-corrected chi connectivity index (χ0v) is 10.3. The van der Waals surface area contributed by atoms with Gasteiger partial charge in [-0.05, 0) is 24.3 Å². The van der Waals surface area contributed by atoms with E-state index in [9.17, 15) is 9.18 Å². The summed E-state index contributed by atoms with van der Waals surface area (Å²) in [6, 6.07) is 10.0. The summed E-state index contributed by atoms with van der Waals surface area (Å²) in [5.41, 5.74) is 0.322. The second-order valence-corrected chi connectivity index (χ2v) is 4.11. The highest BCUT2D eigenvalue weighted by atomic mass is 19.1. The van der Waals surface area contributed by atoms with Crippen molar-refractivity contribution in [2.75, 3.05) is 0 Å². The van der Waals surface area contributed by atoms with Gasteiger partial charge in [0.05, 0.1) is 10.9 Å². The maximum Gasteiger partial charge on any atom is 0.258 e. The third-order valence-corrected chi connectivity index (χ3v) is 2.75. The summed E-state index contributed by atoms with van der Waals surface area (Å²) in [6.07, 6.45) is 1.33. The van der Waals surface area contributed by atoms with Crippen molar-refractivity contribution < 1.29 is 9.13 Å². The fraction of sp³-hybridized carbons (Fsp3) is 0.0714. The average Bonchev–Trinajstić information content (AvgIpc) is 2.46. The average molecular weight is 271 g/mol. The second kappa shape index (κ2) is 5.08. The van der Waals surface area contributed by atoms with Gasteiger partial charge in [0.15, 0.2) is 5.75 Å². The van der Waals surface area contributed by atoms with Crippen molar-refractivity contribution in [3.05, 3.63) is 64.7 Å². The van der Waals surface area contributed by atoms with Gasteiger partial charge in [-0.3, -0.25) is 4.79 Å². The molecule has 0 aliphatic heterocycles. The van der Waals surface area contributed by atoms with E-state index in [4.69, 9.17) is 4.74 Å². The number of aromatic nitrogens is 3. The highest BCUT2D eigenvalue weighted by Gasteiger charge is 2.06. The van der Waals surface area contributed by atoms with Crippen LogP contribution in [0.3, 0.4) is 0 Å². The molecule has 0 atom stereocenters. The monoisotopic (exact) mass is 271 g/mol. The van der Waals surface area contributed by atoms with E-state index in [-0.39, 0.29) is 17.9 Å². The molecule has 100 valence electrons. The largest absolute Gasteiger partial charge is 0.481 e. The van der Waals surface area contributed by atoms with Crippen LogP contribution in [0.2, 0.25) is 0 Å². The standard InChI is InChI=1S/C14H10FN3O2/c15-13-11(6-3-7-16-13)20-8-12-17-10-5-2-1-4-9(10)14(19)18-12/h1-7H,8H2,(H,17,18,19). The number of rotatable bonds is 3. The molecule has 2 aromatic heterocycles. The van der Waals surface area contributed by atoms with Crippen LogP contribution >= 0.6 is 0 Å². The van der Waals surface area contributed by atoms with Gasteiger partial charge in [0.2, 0.25) is 0 Å². The van der Waals surface area contributed by atoms with Gasteiger partial charge < -0.3 is 9.72 Å². The molecule has 5 nitrogen and oxygen atoms in total. The number of aromatic amines is 1. The number of hydrogen-bond acceptors (Lipinski definition) is 4. The van der Waals surface area contributed by atoms with E-state index in [1.807, 2.05) is 0 Å². The van der Waals surface area contributed by atoms with Gasteiger partial charge in [0.1, 0.15) is 12.4 Å². The van der Waals surface area contributed by atoms with E-state index in [1.165, 1.54) is 12.3 Å². The Morgan fingerprint density at radius 2 is 2.05 bits per heavy atom. The molecule has 0 amide bonds. The Hall–Kier alpha value is -2.76. The van der Waals surface area contributed by atoms with Crippen molar-refractivity contribution in [2.45, 2.75) is 6.61 Å². The number of ether oxygens (including phenoxy) is 1. The van der Waals surface area contributed by atoms with Crippen LogP contribution < -0.4 is 10.3 Å². The number of hydrogen-bond donors (Lipinski definition) is 1. The lowest BCUT2D eigenvalue weighted by Crippen LogP contribution is -2.13. The van der Waals surface area contributed by atoms with E-state index in [0.717, 1.165) is 0 Å². The summed E-state index contributed by atoms with van der Waals surface area (Å²) in [6.45, 7) is -0.0390. The van der Waals surface area contributed by atoms with E-state index < -0.39 is 5.95 Å². The molecule has 1 N–H and O–H groups in total. The van der Waals surface area contributed by atoms with Crippen molar-refractivity contribution in [3.63, 3.8) is 0 Å². The molecule has 3 rings (SSSR count). The molecule has 0 saturated heterocycles. The Balaban J connectivity index is 1.88. The molecule has 0 radical (unpaired) electrons. The second-order valence-electron chi connectivity index (χ2n) is 4.11. The zero-order valence-electron chi connectivity index (χ0n) is 10.3. The van der Waals surface area contributed by atoms with Gasteiger partial charge in [-0.1, -0.05) is 12.1 Å². The van der Waals surface area contributed by atoms with Crippen molar-refractivity contribution in [1.29, 1.82) is 0 Å². The summed E-state index contributed by atoms with van der Waals surface area (Å²) in [5, 5.41) is 0.504. The van der Waals surface area contributed by atoms with Crippen LogP contribution in [-0.2, 0) is 6.61 Å². The molecule has 0 fully saturated rings. The summed E-state index contributed by atoms with van der Waals surface area (Å²) in [7, 11) is 0. The predicted octanol–water partition coefficient (Wildman–Crippen LogP) is 2.04. The summed E-state index contributed by atoms with van der Waals surface area (Å²) in [4.78, 5) is 22.2. The number of para-hydroxylation sites is 1. The van der Waals surface area contributed by atoms with Crippen LogP contribution in [0.5, 0.6) is 5.75 Å². The van der Waals surface area contributed by atoms with Crippen molar-refractivity contribution in [1.82, 2.24) is 15.0 Å². The van der Waals surface area contributed by atoms with Crippen LogP contribution in [0, 0.1) is 5.95 Å². The third-order valence-electron chi connectivity index (χ3n) is 2.75. The van der Waals surface area contributed by atoms with Gasteiger partial charge >= 0.3 is 0 Å². The maximum absolute atomic E-state index is 13.3. The van der Waals surface area contributed by atoms with Crippen LogP contribution in [0.1, 0.15) is 5.82 Å². The minimum atomic E-state index is -0.698. The molecule has 0 aliphatic carbocycles. The number of H-pyrrole nitrogens is 1. The molecule has 2 heterocycles. The first-order valence-electron chi connectivity index (χ1n) is 5.95. The number of fused-ring (bicyclic) bond motifs is 1. The maximum atomic E-state index is 13.3. The predicted molar refractivity (Wildman–Crippen MR) is 70.9 cm³/mol. The molecule has 0 unspecified atom stereocenters. The topological polar surface area (TPSA) is 67.9 Å². The number of benzene rings is 1. The van der Waals surface area contributed by atoms with Crippen LogP contribution in [0.4, 0.5) is 4.39 Å². The molecule has 0 saturated carbocycles. The van der Waals surface area contributed by atoms with Crippen LogP contribution in [0.15, 0.2) is 47.4 Å². The number of halogens is 1. The van der Waals surface area contributed by atoms with Gasteiger partial charge in [-0.2, -0.15) is 4.39 Å². The molecular weight excluding hydrogens is 261 g/mol. The third kappa shape index (κ3) is 2.35. The Morgan fingerprint density at radius 3 is 2.90 bits per heavy atom. The number of nitrogens with zero attached hydrogens (tertiary/aromatic N) is 2. The van der Waals surface area contributed by atoms with Crippen molar-refractivity contribution in [2.24, 2.45) is 0 Å². The molecule has 3 aromatic rings. The molecule has 0 aliphatic rings. The first kappa shape index (κ1) is 12.3. The van der Waals surface area contributed by atoms with Gasteiger partial charge in [0, 0.05) is 6.20 Å². The fourth-order valence-corrected chi connectivity index (χ4v) is 1.83. The highest BCUT2D eigenvalue weighted by Crippen LogP contribution is 2.14. The lowest BCUT2D eigenvalue weighted by molar-refractivity contribution is 0.277. The Labute approximate surface area is 113 Å². The van der Waals surface area contributed by atoms with Crippen LogP contribution in [0.25, 0.3) is 10.9 Å². The smallest absolute Gasteiger partial charge is 0.258 e. The lowest BCUT2D eigenvalue weighted by atomic mass is 10.2. The molecule has 6 heteroatoms. The zero-order chi connectivity index (χ0) is 13.9. The quantitative estimate of drug-likeness (QED) is 0.740. The number of pyridine rings is 1. The lowest BCUT2D eigenvalue weighted by Gasteiger charge is -2.06. The molecule has 0 bridgehead atoms. The van der Waals surface area contributed by atoms with Crippen LogP contribution in [-0.4, -0.2) is 15.0 Å². The summed E-state index contributed by atoms with van der Waals surface area (Å²) in [5.74, 6) is -0.351. The Kier molecular flexibility index (Phi) is 3.12. The molecule has 1 aromatic carbocycles. The normalized spacial score (nSPS) is 10.7. The molecule has 0 spiro atoms. The fourth-order valence-electron chi connectivity index (χ4n) is 1.83. The van der Waals surface area contributed by atoms with E-state index in [0.29, 0.717) is 16.7 Å². The first-order chi connectivity index (χ1) is 9.74. The highest BCUT2D eigenvalue weighted by molar-refractivity contribution is 5.77. The Morgan fingerprint density at radius 1 is 1.20 bits per heavy atom.